The Labute approximate surface area is 888 Å². The molecule has 0 amide bonds. The van der Waals surface area contributed by atoms with E-state index < -0.39 is 72.8 Å². The predicted molar refractivity (Wildman–Crippen MR) is 584 cm³/mol. The molecule has 0 bridgehead atoms. The lowest BCUT2D eigenvalue weighted by Crippen LogP contribution is -2.36. The largest absolute Gasteiger partial charge is 0.744 e. The lowest BCUT2D eigenvalue weighted by atomic mass is 9.87. The van der Waals surface area contributed by atoms with E-state index in [1.165, 1.54) is 61.1 Å². The van der Waals surface area contributed by atoms with Crippen molar-refractivity contribution >= 4 is 43.1 Å². The number of carbonyl (C=O) groups is 2. The summed E-state index contributed by atoms with van der Waals surface area (Å²) in [5, 5.41) is 18.0. The second kappa shape index (κ2) is 63.5. The average Bonchev–Trinajstić information content (AvgIpc) is 0.909. The normalized spacial score (nSPS) is 15.4. The molecule has 2 N–H and O–H groups in total. The summed E-state index contributed by atoms with van der Waals surface area (Å²) in [6.07, 6.45) is 12.3. The Balaban J connectivity index is 0.000000266. The molecule has 814 valence electrons. The first-order valence-corrected chi connectivity index (χ1v) is 56.0. The van der Waals surface area contributed by atoms with Gasteiger partial charge in [-0.25, -0.2) is 30.4 Å². The van der Waals surface area contributed by atoms with Crippen LogP contribution >= 0.6 is 0 Å². The molecule has 1 aliphatic carbocycles. The van der Waals surface area contributed by atoms with Gasteiger partial charge in [-0.05, 0) is 313 Å². The molecule has 2 aliphatic rings. The molecule has 20 nitrogen and oxygen atoms in total. The molecule has 11 unspecified atom stereocenters. The highest BCUT2D eigenvalue weighted by molar-refractivity contribution is 7.97. The number of esters is 2. The van der Waals surface area contributed by atoms with E-state index in [1.807, 2.05) is 87.5 Å². The number of phenolic OH excluding ortho intramolecular Hbond substituents is 2. The molecule has 1 aliphatic heterocycles. The van der Waals surface area contributed by atoms with Crippen LogP contribution in [0.5, 0.6) is 51.7 Å². The highest BCUT2D eigenvalue weighted by atomic mass is 32.2. The molecular formula is C122H159F4O20S3-. The zero-order chi connectivity index (χ0) is 110. The lowest BCUT2D eigenvalue weighted by molar-refractivity contribution is -0.163. The standard InChI is InChI=1S/C23H30O5S.C19H17OS.C18H18F4O5S.C18H30O2.C15H24O.2C10H14O.C9H14O4/c1-3-17(2)19-7-9-20(10-8-19)27-16-18-5-4-6-22(15-18)28-21-11-13-23(14-12-21)29(24,25)26;1-20-16-9-8-14-19(15-16)21(17-10-4-2-5-11-17)18-12-6-3-7-13-18;1-3-10(2)11-4-6-12(7-5-11)26-8-9-27-17-13(19)15(21)18(28(23,24)25)16(22)14(17)20;1-8-14(4)15-9-11-16(12-10-15)20-17(18(5,6)7)19-13(2)3;1-6-12(3)13-8-10-14(11-9-13)16-15(4,5)7-2;2*1-3-8(2)9-4-6-10(11)7-5-9;1-3-6(2)8(10)13-7-4-5-12-9(7)11/h7-14,17-18,22H,3-6,15-16H2,1-2H3,(H,24,25,26);2-15H,1H3;4-7,10H,3,8-9H2,1-2H3,(H,23,24,25);9-14,17H,8H2,1-7H3;8-12H,6-7H2,1-5H3;2*4-8,11H,3H2,1-2H3;6-7H,3-5H2,1-2H3/q;+1;;;;;;/p-2. The van der Waals surface area contributed by atoms with E-state index >= 15 is 0 Å². The molecule has 11 atom stereocenters. The molecule has 27 heteroatoms. The lowest BCUT2D eigenvalue weighted by Gasteiger charge is -2.32. The number of aromatic hydroxyl groups is 2. The maximum atomic E-state index is 13.8. The van der Waals surface area contributed by atoms with E-state index in [4.69, 9.17) is 48.1 Å². The van der Waals surface area contributed by atoms with Gasteiger partial charge >= 0.3 is 11.9 Å². The molecule has 0 spiro atoms. The summed E-state index contributed by atoms with van der Waals surface area (Å²) in [5.74, 6) is -2.15. The zero-order valence-corrected chi connectivity index (χ0v) is 93.6. The highest BCUT2D eigenvalue weighted by Crippen LogP contribution is 2.38. The first-order chi connectivity index (χ1) is 70.6. The van der Waals surface area contributed by atoms with Crippen LogP contribution in [0.1, 0.15) is 305 Å². The second-order valence-corrected chi connectivity index (χ2v) is 44.1. The Morgan fingerprint density at radius 3 is 1.22 bits per heavy atom. The zero-order valence-electron chi connectivity index (χ0n) is 91.2. The molecule has 0 aromatic heterocycles. The van der Waals surface area contributed by atoms with Gasteiger partial charge in [0.2, 0.25) is 24.0 Å². The van der Waals surface area contributed by atoms with Crippen molar-refractivity contribution in [3.05, 3.63) is 311 Å². The number of hydrogen-bond donors (Lipinski definition) is 2. The maximum Gasteiger partial charge on any atom is 0.347 e. The summed E-state index contributed by atoms with van der Waals surface area (Å²) in [6, 6.07) is 82.5. The molecule has 13 rings (SSSR count). The van der Waals surface area contributed by atoms with Crippen LogP contribution in [0.15, 0.2) is 279 Å². The topological polar surface area (TPSA) is 281 Å². The number of methoxy groups -OCH3 is 1. The van der Waals surface area contributed by atoms with Crippen LogP contribution in [0, 0.1) is 40.5 Å². The number of phenols is 2. The number of benzene rings is 11. The van der Waals surface area contributed by atoms with Crippen molar-refractivity contribution < 1.29 is 111 Å². The third kappa shape index (κ3) is 43.4. The minimum Gasteiger partial charge on any atom is -0.744 e. The molecule has 149 heavy (non-hydrogen) atoms. The Morgan fingerprint density at radius 2 is 0.846 bits per heavy atom. The third-order valence-electron chi connectivity index (χ3n) is 26.0. The van der Waals surface area contributed by atoms with Crippen LogP contribution in [-0.2, 0) is 54.9 Å². The third-order valence-corrected chi connectivity index (χ3v) is 30.0. The van der Waals surface area contributed by atoms with Crippen LogP contribution in [0.4, 0.5) is 17.6 Å². The van der Waals surface area contributed by atoms with Crippen LogP contribution in [0.25, 0.3) is 0 Å². The summed E-state index contributed by atoms with van der Waals surface area (Å²) < 4.78 is 175. The average molecular weight is 2120 g/mol. The first-order valence-electron chi connectivity index (χ1n) is 51.9. The number of cyclic esters (lactones) is 1. The minimum atomic E-state index is -5.76. The van der Waals surface area contributed by atoms with Gasteiger partial charge in [0.15, 0.2) is 32.1 Å². The summed E-state index contributed by atoms with van der Waals surface area (Å²) in [7, 11) is -8.58. The van der Waals surface area contributed by atoms with Crippen LogP contribution in [0.2, 0.25) is 0 Å². The van der Waals surface area contributed by atoms with Gasteiger partial charge in [-0.3, -0.25) is 4.79 Å². The van der Waals surface area contributed by atoms with Crippen LogP contribution in [0.3, 0.4) is 0 Å². The Hall–Kier alpha value is -11.6. The van der Waals surface area contributed by atoms with Crippen molar-refractivity contribution in [2.45, 2.75) is 326 Å². The molecule has 1 heterocycles. The number of ether oxygens (including phenoxy) is 10. The van der Waals surface area contributed by atoms with Gasteiger partial charge in [0.1, 0.15) is 89.9 Å². The van der Waals surface area contributed by atoms with E-state index in [2.05, 4.69) is 261 Å². The van der Waals surface area contributed by atoms with Gasteiger partial charge in [0.05, 0.1) is 54.2 Å². The number of hydrogen-bond acceptors (Lipinski definition) is 20. The highest BCUT2D eigenvalue weighted by Gasteiger charge is 2.35. The van der Waals surface area contributed by atoms with Gasteiger partial charge in [-0.15, -0.1) is 0 Å². The fraction of sp³-hybridized carbons (Fsp3) is 0.443. The molecule has 1 saturated heterocycles. The second-order valence-electron chi connectivity index (χ2n) is 39.4. The molecule has 0 radical (unpaired) electrons. The number of rotatable bonds is 38. The van der Waals surface area contributed by atoms with Gasteiger partial charge in [-0.1, -0.05) is 240 Å². The molecular weight excluding hydrogens is 1960 g/mol. The summed E-state index contributed by atoms with van der Waals surface area (Å²) in [6.45, 7) is 47.0. The van der Waals surface area contributed by atoms with Crippen molar-refractivity contribution in [3.8, 4) is 51.7 Å². The van der Waals surface area contributed by atoms with E-state index in [-0.39, 0.29) is 63.8 Å². The van der Waals surface area contributed by atoms with E-state index in [1.54, 1.807) is 62.6 Å². The van der Waals surface area contributed by atoms with Gasteiger partial charge in [0.25, 0.3) is 0 Å². The quantitative estimate of drug-likeness (QED) is 0.00691. The van der Waals surface area contributed by atoms with Gasteiger partial charge < -0.3 is 66.7 Å². The fourth-order valence-electron chi connectivity index (χ4n) is 14.8. The van der Waals surface area contributed by atoms with Crippen molar-refractivity contribution in [1.29, 1.82) is 0 Å². The smallest absolute Gasteiger partial charge is 0.347 e. The molecule has 11 aromatic carbocycles. The molecule has 1 saturated carbocycles. The van der Waals surface area contributed by atoms with E-state index in [0.29, 0.717) is 84.1 Å². The predicted octanol–water partition coefficient (Wildman–Crippen LogP) is 30.9. The van der Waals surface area contributed by atoms with Gasteiger partial charge in [-0.2, -0.15) is 8.78 Å². The van der Waals surface area contributed by atoms with Crippen LogP contribution < -0.4 is 33.2 Å². The summed E-state index contributed by atoms with van der Waals surface area (Å²) >= 11 is 0. The van der Waals surface area contributed by atoms with Gasteiger partial charge in [0, 0.05) is 17.9 Å². The molecule has 11 aromatic rings. The van der Waals surface area contributed by atoms with Crippen LogP contribution in [-0.4, -0.2) is 112 Å². The van der Waals surface area contributed by atoms with Crippen molar-refractivity contribution in [1.82, 2.24) is 0 Å². The van der Waals surface area contributed by atoms with E-state index in [9.17, 15) is 53.1 Å². The van der Waals surface area contributed by atoms with Crippen molar-refractivity contribution in [2.75, 3.05) is 33.5 Å². The Morgan fingerprint density at radius 1 is 0.450 bits per heavy atom. The summed E-state index contributed by atoms with van der Waals surface area (Å²) in [5.41, 5.74) is 7.66. The Kier molecular flexibility index (Phi) is 53.8. The minimum absolute atomic E-state index is 0.0559. The number of carbonyl (C=O) groups excluding carboxylic acids is 2. The maximum absolute atomic E-state index is 13.8. The SMILES string of the molecule is CCC(C)C(=O)OC1CCOC1=O.CCC(C)c1ccc(O)cc1.CCC(C)c1ccc(O)cc1.CCC(C)c1ccc(OC(C)(C)CC)cc1.CCC(C)c1ccc(OC(OC(C)C)C(C)(C)C)cc1.CCC(C)c1ccc(OCC2CCCC(Oc3ccc(S(=O)(=O)[O-])cc3)C2)cc1.CCC(C)c1ccc(OCCOc2c(F)c(F)c(S(=O)(=O)[O-])c(F)c2F)cc1.COc1cccc([S+](c2ccccc2)c2ccccc2)c1. The first kappa shape index (κ1) is 126. The number of halogens is 4. The van der Waals surface area contributed by atoms with Crippen molar-refractivity contribution in [2.24, 2.45) is 17.3 Å². The molecule has 2 fully saturated rings. The monoisotopic (exact) mass is 2120 g/mol. The fourth-order valence-corrected chi connectivity index (χ4v) is 18.0. The van der Waals surface area contributed by atoms with Crippen molar-refractivity contribution in [3.63, 3.8) is 0 Å². The Bertz CT molecular complexity index is 5820. The summed E-state index contributed by atoms with van der Waals surface area (Å²) in [4.78, 5) is 23.6. The van der Waals surface area contributed by atoms with E-state index in [0.717, 1.165) is 99.2 Å².